The highest BCUT2D eigenvalue weighted by atomic mass is 16.2. The van der Waals surface area contributed by atoms with Gasteiger partial charge in [0.2, 0.25) is 17.7 Å². The fraction of sp³-hybridized carbons (Fsp3) is 0.857. The lowest BCUT2D eigenvalue weighted by molar-refractivity contribution is -0.146. The van der Waals surface area contributed by atoms with E-state index in [4.69, 9.17) is 0 Å². The normalized spacial score (nSPS) is 36.7. The van der Waals surface area contributed by atoms with Gasteiger partial charge in [0.1, 0.15) is 6.04 Å². The number of nitrogens with zero attached hydrogens (tertiary/aromatic N) is 2. The zero-order chi connectivity index (χ0) is 19.2. The Morgan fingerprint density at radius 2 is 1.63 bits per heavy atom. The molecule has 0 spiro atoms. The molecule has 1 aliphatic heterocycles. The Morgan fingerprint density at radius 1 is 1.04 bits per heavy atom. The van der Waals surface area contributed by atoms with Crippen molar-refractivity contribution in [2.24, 2.45) is 23.2 Å². The fourth-order valence-corrected chi connectivity index (χ4v) is 6.62. The number of hydrogen-bond donors (Lipinski definition) is 1. The molecule has 150 valence electrons. The molecule has 1 saturated heterocycles. The minimum atomic E-state index is -0.327. The maximum absolute atomic E-state index is 13.0. The van der Waals surface area contributed by atoms with Crippen LogP contribution >= 0.6 is 0 Å². The molecule has 4 saturated carbocycles. The summed E-state index contributed by atoms with van der Waals surface area (Å²) in [4.78, 5) is 41.1. The van der Waals surface area contributed by atoms with E-state index in [1.165, 1.54) is 19.3 Å². The number of nitrogens with one attached hydrogen (secondary N) is 1. The van der Waals surface area contributed by atoms with Crippen LogP contribution in [0.1, 0.15) is 57.8 Å². The second-order valence-electron chi connectivity index (χ2n) is 9.68. The summed E-state index contributed by atoms with van der Waals surface area (Å²) in [7, 11) is 3.46. The Bertz CT molecular complexity index is 595. The molecule has 4 bridgehead atoms. The number of likely N-dealkylation sites (tertiary alicyclic amines) is 1. The van der Waals surface area contributed by atoms with Crippen molar-refractivity contribution in [2.45, 2.75) is 63.8 Å². The molecule has 0 aromatic carbocycles. The molecular weight excluding hydrogens is 342 g/mol. The molecule has 1 N–H and O–H groups in total. The number of hydrogen-bond acceptors (Lipinski definition) is 3. The van der Waals surface area contributed by atoms with E-state index in [2.05, 4.69) is 5.32 Å². The van der Waals surface area contributed by atoms with Crippen LogP contribution in [0.25, 0.3) is 0 Å². The van der Waals surface area contributed by atoms with Gasteiger partial charge in [0, 0.05) is 39.0 Å². The number of carbonyl (C=O) groups excluding carboxylic acids is 3. The lowest BCUT2D eigenvalue weighted by atomic mass is 9.49. The summed E-state index contributed by atoms with van der Waals surface area (Å²) in [6, 6.07) is -0.327. The van der Waals surface area contributed by atoms with E-state index in [0.717, 1.165) is 49.9 Å². The molecule has 5 aliphatic rings. The molecule has 0 aromatic heterocycles. The van der Waals surface area contributed by atoms with Crippen LogP contribution in [0.4, 0.5) is 0 Å². The SMILES string of the molecule is CN(C)C(=O)C1CCCN1C(=O)CCNC(=O)C12CC3CC(CC(C3)C1)C2. The van der Waals surface area contributed by atoms with Crippen molar-refractivity contribution in [3.05, 3.63) is 0 Å². The largest absolute Gasteiger partial charge is 0.355 e. The number of likely N-dealkylation sites (N-methyl/N-ethyl adjacent to an activating group) is 1. The topological polar surface area (TPSA) is 69.7 Å². The molecule has 1 heterocycles. The molecule has 1 unspecified atom stereocenters. The van der Waals surface area contributed by atoms with Crippen LogP contribution in [-0.4, -0.2) is 60.7 Å². The van der Waals surface area contributed by atoms with Gasteiger partial charge in [0.25, 0.3) is 0 Å². The molecule has 6 heteroatoms. The average Bonchev–Trinajstić information content (AvgIpc) is 3.09. The van der Waals surface area contributed by atoms with Gasteiger partial charge in [-0.2, -0.15) is 0 Å². The molecule has 27 heavy (non-hydrogen) atoms. The van der Waals surface area contributed by atoms with Crippen molar-refractivity contribution in [1.29, 1.82) is 0 Å². The second kappa shape index (κ2) is 7.10. The zero-order valence-electron chi connectivity index (χ0n) is 16.7. The quantitative estimate of drug-likeness (QED) is 0.796. The van der Waals surface area contributed by atoms with Crippen LogP contribution < -0.4 is 5.32 Å². The van der Waals surface area contributed by atoms with Gasteiger partial charge in [-0.25, -0.2) is 0 Å². The Balaban J connectivity index is 1.29. The number of carbonyl (C=O) groups is 3. The van der Waals surface area contributed by atoms with Crippen molar-refractivity contribution >= 4 is 17.7 Å². The summed E-state index contributed by atoms with van der Waals surface area (Å²) in [6.45, 7) is 1.03. The first-order valence-electron chi connectivity index (χ1n) is 10.7. The lowest BCUT2D eigenvalue weighted by Gasteiger charge is -2.55. The lowest BCUT2D eigenvalue weighted by Crippen LogP contribution is -2.54. The predicted octanol–water partition coefficient (Wildman–Crippen LogP) is 1.79. The number of rotatable bonds is 5. The average molecular weight is 376 g/mol. The predicted molar refractivity (Wildman–Crippen MR) is 102 cm³/mol. The van der Waals surface area contributed by atoms with Gasteiger partial charge in [-0.1, -0.05) is 0 Å². The van der Waals surface area contributed by atoms with Crippen LogP contribution in [0.15, 0.2) is 0 Å². The zero-order valence-corrected chi connectivity index (χ0v) is 16.7. The first-order valence-corrected chi connectivity index (χ1v) is 10.7. The van der Waals surface area contributed by atoms with Gasteiger partial charge < -0.3 is 15.1 Å². The molecule has 0 aromatic rings. The van der Waals surface area contributed by atoms with Gasteiger partial charge >= 0.3 is 0 Å². The molecule has 5 fully saturated rings. The van der Waals surface area contributed by atoms with Crippen LogP contribution in [-0.2, 0) is 14.4 Å². The molecular formula is C21H33N3O3. The Kier molecular flexibility index (Phi) is 4.93. The highest BCUT2D eigenvalue weighted by Gasteiger charge is 2.54. The monoisotopic (exact) mass is 375 g/mol. The summed E-state index contributed by atoms with van der Waals surface area (Å²) >= 11 is 0. The third-order valence-corrected chi connectivity index (χ3v) is 7.44. The first-order chi connectivity index (χ1) is 12.9. The standard InChI is InChI=1S/C21H33N3O3/c1-23(2)19(26)17-4-3-7-24(17)18(25)5-6-22-20(27)21-11-14-8-15(12-21)10-16(9-14)13-21/h14-17H,3-13H2,1-2H3,(H,22,27). The summed E-state index contributed by atoms with van der Waals surface area (Å²) < 4.78 is 0. The van der Waals surface area contributed by atoms with Crippen molar-refractivity contribution in [2.75, 3.05) is 27.2 Å². The third-order valence-electron chi connectivity index (χ3n) is 7.44. The molecule has 3 amide bonds. The van der Waals surface area contributed by atoms with Gasteiger partial charge in [-0.15, -0.1) is 0 Å². The summed E-state index contributed by atoms with van der Waals surface area (Å²) in [5.41, 5.74) is -0.158. The Morgan fingerprint density at radius 3 is 2.19 bits per heavy atom. The number of amides is 3. The maximum atomic E-state index is 13.0. The summed E-state index contributed by atoms with van der Waals surface area (Å²) in [6.07, 6.45) is 9.00. The van der Waals surface area contributed by atoms with E-state index < -0.39 is 0 Å². The van der Waals surface area contributed by atoms with Crippen LogP contribution in [0.5, 0.6) is 0 Å². The third kappa shape index (κ3) is 3.47. The van der Waals surface area contributed by atoms with Crippen molar-refractivity contribution in [1.82, 2.24) is 15.1 Å². The van der Waals surface area contributed by atoms with Gasteiger partial charge in [0.05, 0.1) is 0 Å². The first kappa shape index (κ1) is 18.8. The van der Waals surface area contributed by atoms with Gasteiger partial charge in [-0.05, 0) is 69.1 Å². The van der Waals surface area contributed by atoms with E-state index >= 15 is 0 Å². The molecule has 0 radical (unpaired) electrons. The highest BCUT2D eigenvalue weighted by molar-refractivity contribution is 5.88. The van der Waals surface area contributed by atoms with Crippen molar-refractivity contribution < 1.29 is 14.4 Å². The van der Waals surface area contributed by atoms with E-state index in [1.807, 2.05) is 0 Å². The highest BCUT2D eigenvalue weighted by Crippen LogP contribution is 2.60. The Labute approximate surface area is 162 Å². The maximum Gasteiger partial charge on any atom is 0.244 e. The smallest absolute Gasteiger partial charge is 0.244 e. The van der Waals surface area contributed by atoms with Crippen LogP contribution in [0.2, 0.25) is 0 Å². The van der Waals surface area contributed by atoms with E-state index in [-0.39, 0.29) is 35.6 Å². The molecule has 6 nitrogen and oxygen atoms in total. The van der Waals surface area contributed by atoms with Crippen LogP contribution in [0.3, 0.4) is 0 Å². The van der Waals surface area contributed by atoms with Crippen molar-refractivity contribution in [3.8, 4) is 0 Å². The fourth-order valence-electron chi connectivity index (χ4n) is 6.62. The molecule has 1 atom stereocenters. The van der Waals surface area contributed by atoms with Gasteiger partial charge in [-0.3, -0.25) is 14.4 Å². The summed E-state index contributed by atoms with van der Waals surface area (Å²) in [5.74, 6) is 2.39. The molecule has 4 aliphatic carbocycles. The minimum absolute atomic E-state index is 0.00143. The van der Waals surface area contributed by atoms with Crippen LogP contribution in [0, 0.1) is 23.2 Å². The van der Waals surface area contributed by atoms with E-state index in [1.54, 1.807) is 23.9 Å². The van der Waals surface area contributed by atoms with Crippen molar-refractivity contribution in [3.63, 3.8) is 0 Å². The second-order valence-corrected chi connectivity index (χ2v) is 9.68. The van der Waals surface area contributed by atoms with Gasteiger partial charge in [0.15, 0.2) is 0 Å². The Hall–Kier alpha value is -1.59. The van der Waals surface area contributed by atoms with E-state index in [0.29, 0.717) is 13.1 Å². The minimum Gasteiger partial charge on any atom is -0.355 e. The molecule has 5 rings (SSSR count). The van der Waals surface area contributed by atoms with E-state index in [9.17, 15) is 14.4 Å². The summed E-state index contributed by atoms with van der Waals surface area (Å²) in [5, 5.41) is 3.08.